The Kier molecular flexibility index (Phi) is 5.07. The first-order valence-electron chi connectivity index (χ1n) is 9.97. The van der Waals surface area contributed by atoms with E-state index < -0.39 is 0 Å². The van der Waals surface area contributed by atoms with Crippen molar-refractivity contribution in [2.45, 2.75) is 38.6 Å². The first-order valence-corrected chi connectivity index (χ1v) is 9.97. The van der Waals surface area contributed by atoms with E-state index >= 15 is 0 Å². The van der Waals surface area contributed by atoms with Gasteiger partial charge in [0, 0.05) is 23.7 Å². The summed E-state index contributed by atoms with van der Waals surface area (Å²) >= 11 is 0. The highest BCUT2D eigenvalue weighted by Crippen LogP contribution is 2.50. The maximum Gasteiger partial charge on any atom is 0.269 e. The first kappa shape index (κ1) is 18.5. The summed E-state index contributed by atoms with van der Waals surface area (Å²) in [5.41, 5.74) is 3.61. The fraction of sp³-hybridized carbons (Fsp3) is 0.391. The van der Waals surface area contributed by atoms with Crippen molar-refractivity contribution in [2.75, 3.05) is 11.9 Å². The highest BCUT2D eigenvalue weighted by molar-refractivity contribution is 5.62. The van der Waals surface area contributed by atoms with Crippen molar-refractivity contribution >= 4 is 11.4 Å². The van der Waals surface area contributed by atoms with E-state index in [1.54, 1.807) is 12.1 Å². The van der Waals surface area contributed by atoms with Gasteiger partial charge in [-0.05, 0) is 54.0 Å². The number of hydrogen-bond acceptors (Lipinski definition) is 4. The number of ether oxygens (including phenoxy) is 1. The number of nitro groups is 1. The van der Waals surface area contributed by atoms with Gasteiger partial charge >= 0.3 is 0 Å². The average Bonchev–Trinajstić information content (AvgIpc) is 3.17. The Bertz CT molecular complexity index is 889. The van der Waals surface area contributed by atoms with Crippen LogP contribution in [-0.2, 0) is 0 Å². The van der Waals surface area contributed by atoms with Crippen LogP contribution in [0.25, 0.3) is 0 Å². The second-order valence-electron chi connectivity index (χ2n) is 8.10. The molecule has 28 heavy (non-hydrogen) atoms. The van der Waals surface area contributed by atoms with Gasteiger partial charge in [-0.25, -0.2) is 0 Å². The SMILES string of the molecule is CC(C)CCOc1ccc2c(c1)C1C=CCC1C(c1ccc([N+](=O)[O-])cc1)N2. The predicted octanol–water partition coefficient (Wildman–Crippen LogP) is 5.85. The topological polar surface area (TPSA) is 64.4 Å². The fourth-order valence-electron chi connectivity index (χ4n) is 4.21. The molecule has 2 aromatic carbocycles. The summed E-state index contributed by atoms with van der Waals surface area (Å²) in [6.07, 6.45) is 6.58. The molecule has 4 rings (SSSR count). The molecule has 1 heterocycles. The van der Waals surface area contributed by atoms with Crippen LogP contribution < -0.4 is 10.1 Å². The Morgan fingerprint density at radius 3 is 2.71 bits per heavy atom. The number of allylic oxidation sites excluding steroid dienone is 2. The number of nitrogens with zero attached hydrogens (tertiary/aromatic N) is 1. The zero-order chi connectivity index (χ0) is 19.7. The molecular formula is C23H26N2O3. The molecule has 0 aromatic heterocycles. The van der Waals surface area contributed by atoms with E-state index in [1.165, 1.54) is 5.56 Å². The van der Waals surface area contributed by atoms with Gasteiger partial charge in [-0.3, -0.25) is 10.1 Å². The van der Waals surface area contributed by atoms with Crippen molar-refractivity contribution in [3.8, 4) is 5.75 Å². The fourth-order valence-corrected chi connectivity index (χ4v) is 4.21. The van der Waals surface area contributed by atoms with Crippen LogP contribution in [0.1, 0.15) is 49.8 Å². The number of rotatable bonds is 6. The van der Waals surface area contributed by atoms with Crippen LogP contribution >= 0.6 is 0 Å². The van der Waals surface area contributed by atoms with E-state index in [2.05, 4.69) is 43.4 Å². The zero-order valence-corrected chi connectivity index (χ0v) is 16.3. The van der Waals surface area contributed by atoms with E-state index in [0.29, 0.717) is 17.8 Å². The molecule has 0 radical (unpaired) electrons. The van der Waals surface area contributed by atoms with Gasteiger partial charge < -0.3 is 10.1 Å². The van der Waals surface area contributed by atoms with E-state index in [0.717, 1.165) is 36.4 Å². The lowest BCUT2D eigenvalue weighted by molar-refractivity contribution is -0.384. The Morgan fingerprint density at radius 1 is 1.21 bits per heavy atom. The van der Waals surface area contributed by atoms with Crippen LogP contribution in [-0.4, -0.2) is 11.5 Å². The van der Waals surface area contributed by atoms with Crippen molar-refractivity contribution in [3.05, 3.63) is 75.9 Å². The maximum atomic E-state index is 10.9. The molecule has 3 unspecified atom stereocenters. The van der Waals surface area contributed by atoms with Crippen LogP contribution in [0.4, 0.5) is 11.4 Å². The summed E-state index contributed by atoms with van der Waals surface area (Å²) in [5, 5.41) is 14.6. The Balaban J connectivity index is 1.58. The van der Waals surface area contributed by atoms with Gasteiger partial charge in [0.15, 0.2) is 0 Å². The molecule has 0 fully saturated rings. The quantitative estimate of drug-likeness (QED) is 0.389. The van der Waals surface area contributed by atoms with Crippen molar-refractivity contribution < 1.29 is 9.66 Å². The minimum Gasteiger partial charge on any atom is -0.494 e. The first-order chi connectivity index (χ1) is 13.5. The zero-order valence-electron chi connectivity index (χ0n) is 16.3. The standard InChI is InChI=1S/C23H26N2O3/c1-15(2)12-13-28-18-10-11-22-21(14-18)19-4-3-5-20(19)23(24-22)16-6-8-17(9-7-16)25(26)27/h3-4,6-11,14-15,19-20,23-24H,5,12-13H2,1-2H3. The number of hydrogen-bond donors (Lipinski definition) is 1. The molecule has 1 aliphatic heterocycles. The largest absolute Gasteiger partial charge is 0.494 e. The van der Waals surface area contributed by atoms with Gasteiger partial charge in [0.25, 0.3) is 5.69 Å². The Labute approximate surface area is 165 Å². The Morgan fingerprint density at radius 2 is 2.00 bits per heavy atom. The summed E-state index contributed by atoms with van der Waals surface area (Å²) in [6.45, 7) is 5.14. The molecule has 2 aromatic rings. The minimum absolute atomic E-state index is 0.129. The normalized spacial score (nSPS) is 22.5. The molecular weight excluding hydrogens is 352 g/mol. The van der Waals surface area contributed by atoms with Gasteiger partial charge in [-0.2, -0.15) is 0 Å². The molecule has 0 saturated heterocycles. The lowest BCUT2D eigenvalue weighted by Gasteiger charge is -2.37. The number of anilines is 1. The second kappa shape index (κ2) is 7.66. The van der Waals surface area contributed by atoms with Gasteiger partial charge in [0.05, 0.1) is 17.6 Å². The lowest BCUT2D eigenvalue weighted by atomic mass is 9.77. The van der Waals surface area contributed by atoms with Crippen molar-refractivity contribution in [3.63, 3.8) is 0 Å². The summed E-state index contributed by atoms with van der Waals surface area (Å²) in [5.74, 6) is 2.29. The number of nitro benzene ring substituents is 1. The highest BCUT2D eigenvalue weighted by atomic mass is 16.6. The lowest BCUT2D eigenvalue weighted by Crippen LogP contribution is -2.29. The molecule has 0 amide bonds. The summed E-state index contributed by atoms with van der Waals surface area (Å²) in [6, 6.07) is 13.4. The van der Waals surface area contributed by atoms with Crippen LogP contribution in [0, 0.1) is 22.0 Å². The van der Waals surface area contributed by atoms with Crippen LogP contribution in [0.15, 0.2) is 54.6 Å². The van der Waals surface area contributed by atoms with Gasteiger partial charge in [-0.1, -0.05) is 38.1 Å². The molecule has 0 bridgehead atoms. The molecule has 0 spiro atoms. The number of fused-ring (bicyclic) bond motifs is 3. The van der Waals surface area contributed by atoms with E-state index in [1.807, 2.05) is 18.2 Å². The molecule has 1 aliphatic carbocycles. The number of benzene rings is 2. The van der Waals surface area contributed by atoms with Gasteiger partial charge in [0.2, 0.25) is 0 Å². The van der Waals surface area contributed by atoms with Crippen LogP contribution in [0.2, 0.25) is 0 Å². The maximum absolute atomic E-state index is 10.9. The van der Waals surface area contributed by atoms with Crippen LogP contribution in [0.5, 0.6) is 5.75 Å². The minimum atomic E-state index is -0.353. The highest BCUT2D eigenvalue weighted by Gasteiger charge is 2.38. The Hall–Kier alpha value is -2.82. The molecule has 5 heteroatoms. The van der Waals surface area contributed by atoms with Crippen molar-refractivity contribution in [1.29, 1.82) is 0 Å². The van der Waals surface area contributed by atoms with Crippen molar-refractivity contribution in [1.82, 2.24) is 0 Å². The molecule has 5 nitrogen and oxygen atoms in total. The predicted molar refractivity (Wildman–Crippen MR) is 111 cm³/mol. The monoisotopic (exact) mass is 378 g/mol. The molecule has 2 aliphatic rings. The number of non-ortho nitro benzene ring substituents is 1. The third kappa shape index (κ3) is 3.61. The molecule has 0 saturated carbocycles. The summed E-state index contributed by atoms with van der Waals surface area (Å²) in [4.78, 5) is 10.6. The van der Waals surface area contributed by atoms with E-state index in [-0.39, 0.29) is 16.7 Å². The molecule has 1 N–H and O–H groups in total. The van der Waals surface area contributed by atoms with Crippen molar-refractivity contribution in [2.24, 2.45) is 11.8 Å². The summed E-state index contributed by atoms with van der Waals surface area (Å²) < 4.78 is 5.96. The second-order valence-corrected chi connectivity index (χ2v) is 8.10. The molecule has 3 atom stereocenters. The average molecular weight is 378 g/mol. The number of nitrogens with one attached hydrogen (secondary N) is 1. The van der Waals surface area contributed by atoms with Gasteiger partial charge in [-0.15, -0.1) is 0 Å². The molecule has 146 valence electrons. The van der Waals surface area contributed by atoms with Crippen LogP contribution in [0.3, 0.4) is 0 Å². The third-order valence-corrected chi connectivity index (χ3v) is 5.76. The smallest absolute Gasteiger partial charge is 0.269 e. The van der Waals surface area contributed by atoms with E-state index in [9.17, 15) is 10.1 Å². The van der Waals surface area contributed by atoms with E-state index in [4.69, 9.17) is 4.74 Å². The third-order valence-electron chi connectivity index (χ3n) is 5.76. The summed E-state index contributed by atoms with van der Waals surface area (Å²) in [7, 11) is 0. The van der Waals surface area contributed by atoms with Gasteiger partial charge in [0.1, 0.15) is 5.75 Å².